The highest BCUT2D eigenvalue weighted by Crippen LogP contribution is 2.19. The molecule has 0 aromatic carbocycles. The Bertz CT molecular complexity index is 364. The highest BCUT2D eigenvalue weighted by molar-refractivity contribution is 7.91. The lowest BCUT2D eigenvalue weighted by Gasteiger charge is -2.29. The number of nitrogens with zero attached hydrogens (tertiary/aromatic N) is 1. The van der Waals surface area contributed by atoms with Crippen LogP contribution in [0, 0.1) is 5.92 Å². The third kappa shape index (κ3) is 3.96. The average Bonchev–Trinajstić information content (AvgIpc) is 2.59. The summed E-state index contributed by atoms with van der Waals surface area (Å²) in [4.78, 5) is 13.7. The van der Waals surface area contributed by atoms with Crippen molar-refractivity contribution < 1.29 is 17.9 Å². The summed E-state index contributed by atoms with van der Waals surface area (Å²) in [5.41, 5.74) is 0. The zero-order chi connectivity index (χ0) is 13.1. The van der Waals surface area contributed by atoms with Gasteiger partial charge in [-0.15, -0.1) is 0 Å². The molecule has 0 aromatic rings. The van der Waals surface area contributed by atoms with Crippen LogP contribution in [0.4, 0.5) is 0 Å². The molecule has 1 fully saturated rings. The Labute approximate surface area is 103 Å². The fourth-order valence-corrected chi connectivity index (χ4v) is 3.75. The molecular formula is C11H21NO4S. The SMILES string of the molecule is COCCN(C(=O)C(C)C)C1CCS(=O)(=O)C1. The van der Waals surface area contributed by atoms with Crippen molar-refractivity contribution in [3.8, 4) is 0 Å². The van der Waals surface area contributed by atoms with Crippen LogP contribution < -0.4 is 0 Å². The van der Waals surface area contributed by atoms with Gasteiger partial charge >= 0.3 is 0 Å². The van der Waals surface area contributed by atoms with E-state index in [9.17, 15) is 13.2 Å². The molecule has 1 aliphatic rings. The van der Waals surface area contributed by atoms with Crippen molar-refractivity contribution in [1.82, 2.24) is 4.90 Å². The Morgan fingerprint density at radius 3 is 2.53 bits per heavy atom. The van der Waals surface area contributed by atoms with Crippen LogP contribution >= 0.6 is 0 Å². The molecule has 1 aliphatic heterocycles. The van der Waals surface area contributed by atoms with Gasteiger partial charge in [0.25, 0.3) is 0 Å². The normalized spacial score (nSPS) is 22.9. The molecule has 100 valence electrons. The summed E-state index contributed by atoms with van der Waals surface area (Å²) in [6, 6.07) is -0.176. The summed E-state index contributed by atoms with van der Waals surface area (Å²) >= 11 is 0. The monoisotopic (exact) mass is 263 g/mol. The first-order valence-corrected chi connectivity index (χ1v) is 7.69. The van der Waals surface area contributed by atoms with E-state index in [2.05, 4.69) is 0 Å². The summed E-state index contributed by atoms with van der Waals surface area (Å²) in [6.45, 7) is 4.56. The fraction of sp³-hybridized carbons (Fsp3) is 0.909. The van der Waals surface area contributed by atoms with E-state index < -0.39 is 9.84 Å². The standard InChI is InChI=1S/C11H21NO4S/c1-9(2)11(13)12(5-6-16-3)10-4-7-17(14,15)8-10/h9-10H,4-8H2,1-3H3. The van der Waals surface area contributed by atoms with Crippen molar-refractivity contribution in [3.63, 3.8) is 0 Å². The topological polar surface area (TPSA) is 63.7 Å². The molecule has 0 aromatic heterocycles. The largest absolute Gasteiger partial charge is 0.383 e. The van der Waals surface area contributed by atoms with E-state index in [1.54, 1.807) is 12.0 Å². The molecule has 5 nitrogen and oxygen atoms in total. The molecule has 0 aliphatic carbocycles. The summed E-state index contributed by atoms with van der Waals surface area (Å²) in [5.74, 6) is 0.168. The molecule has 1 rings (SSSR count). The molecule has 0 saturated carbocycles. The summed E-state index contributed by atoms with van der Waals surface area (Å²) < 4.78 is 27.9. The molecule has 0 bridgehead atoms. The van der Waals surface area contributed by atoms with E-state index in [4.69, 9.17) is 4.74 Å². The zero-order valence-electron chi connectivity index (χ0n) is 10.7. The highest BCUT2D eigenvalue weighted by Gasteiger charge is 2.34. The van der Waals surface area contributed by atoms with Crippen LogP contribution in [-0.4, -0.2) is 57.0 Å². The molecule has 1 amide bonds. The minimum absolute atomic E-state index is 0.00384. The molecule has 0 N–H and O–H groups in total. The lowest BCUT2D eigenvalue weighted by atomic mass is 10.1. The van der Waals surface area contributed by atoms with E-state index in [-0.39, 0.29) is 29.4 Å². The van der Waals surface area contributed by atoms with Gasteiger partial charge in [0.15, 0.2) is 9.84 Å². The molecular weight excluding hydrogens is 242 g/mol. The van der Waals surface area contributed by atoms with Crippen LogP contribution in [0.5, 0.6) is 0 Å². The maximum Gasteiger partial charge on any atom is 0.225 e. The molecule has 6 heteroatoms. The average molecular weight is 263 g/mol. The van der Waals surface area contributed by atoms with Gasteiger partial charge < -0.3 is 9.64 Å². The van der Waals surface area contributed by atoms with Gasteiger partial charge in [-0.2, -0.15) is 0 Å². The zero-order valence-corrected chi connectivity index (χ0v) is 11.5. The Morgan fingerprint density at radius 2 is 2.12 bits per heavy atom. The maximum atomic E-state index is 12.0. The van der Waals surface area contributed by atoms with Gasteiger partial charge in [-0.1, -0.05) is 13.8 Å². The number of carbonyl (C=O) groups is 1. The van der Waals surface area contributed by atoms with Crippen molar-refractivity contribution in [2.24, 2.45) is 5.92 Å². The van der Waals surface area contributed by atoms with Crippen molar-refractivity contribution in [2.45, 2.75) is 26.3 Å². The Balaban J connectivity index is 2.73. The minimum Gasteiger partial charge on any atom is -0.383 e. The number of hydrogen-bond acceptors (Lipinski definition) is 4. The number of amides is 1. The predicted molar refractivity (Wildman–Crippen MR) is 65.5 cm³/mol. The second kappa shape index (κ2) is 5.82. The van der Waals surface area contributed by atoms with Crippen molar-refractivity contribution >= 4 is 15.7 Å². The quantitative estimate of drug-likeness (QED) is 0.716. The number of hydrogen-bond donors (Lipinski definition) is 0. The molecule has 1 unspecified atom stereocenters. The number of rotatable bonds is 5. The van der Waals surface area contributed by atoms with Crippen LogP contribution in [0.2, 0.25) is 0 Å². The minimum atomic E-state index is -2.96. The van der Waals surface area contributed by atoms with Crippen LogP contribution in [0.1, 0.15) is 20.3 Å². The van der Waals surface area contributed by atoms with Crippen molar-refractivity contribution in [1.29, 1.82) is 0 Å². The van der Waals surface area contributed by atoms with E-state index >= 15 is 0 Å². The van der Waals surface area contributed by atoms with Crippen LogP contribution in [0.15, 0.2) is 0 Å². The molecule has 1 heterocycles. The number of methoxy groups -OCH3 is 1. The molecule has 0 spiro atoms. The first kappa shape index (κ1) is 14.4. The second-order valence-corrected chi connectivity index (χ2v) is 6.96. The van der Waals surface area contributed by atoms with Gasteiger partial charge in [0.05, 0.1) is 18.1 Å². The third-order valence-electron chi connectivity index (χ3n) is 2.96. The third-order valence-corrected chi connectivity index (χ3v) is 4.71. The number of ether oxygens (including phenoxy) is 1. The fourth-order valence-electron chi connectivity index (χ4n) is 2.02. The lowest BCUT2D eigenvalue weighted by Crippen LogP contribution is -2.44. The van der Waals surface area contributed by atoms with Gasteiger partial charge in [0.1, 0.15) is 0 Å². The summed E-state index contributed by atoms with van der Waals surface area (Å²) in [6.07, 6.45) is 0.546. The predicted octanol–water partition coefficient (Wildman–Crippen LogP) is 0.305. The van der Waals surface area contributed by atoms with E-state index in [1.165, 1.54) is 0 Å². The molecule has 1 saturated heterocycles. The highest BCUT2D eigenvalue weighted by atomic mass is 32.2. The van der Waals surface area contributed by atoms with Crippen molar-refractivity contribution in [3.05, 3.63) is 0 Å². The Kier molecular flexibility index (Phi) is 4.94. The van der Waals surface area contributed by atoms with Crippen LogP contribution in [0.25, 0.3) is 0 Å². The Hall–Kier alpha value is -0.620. The van der Waals surface area contributed by atoms with E-state index in [0.29, 0.717) is 19.6 Å². The van der Waals surface area contributed by atoms with E-state index in [1.807, 2.05) is 13.8 Å². The summed E-state index contributed by atoms with van der Waals surface area (Å²) in [5, 5.41) is 0. The lowest BCUT2D eigenvalue weighted by molar-refractivity contribution is -0.137. The number of carbonyl (C=O) groups excluding carboxylic acids is 1. The molecule has 17 heavy (non-hydrogen) atoms. The van der Waals surface area contributed by atoms with Gasteiger partial charge in [-0.3, -0.25) is 4.79 Å². The summed E-state index contributed by atoms with van der Waals surface area (Å²) in [7, 11) is -1.39. The first-order chi connectivity index (χ1) is 7.87. The number of sulfone groups is 1. The second-order valence-electron chi connectivity index (χ2n) is 4.74. The molecule has 1 atom stereocenters. The Morgan fingerprint density at radius 1 is 1.47 bits per heavy atom. The maximum absolute atomic E-state index is 12.0. The van der Waals surface area contributed by atoms with E-state index in [0.717, 1.165) is 0 Å². The van der Waals surface area contributed by atoms with Crippen LogP contribution in [0.3, 0.4) is 0 Å². The molecule has 0 radical (unpaired) electrons. The van der Waals surface area contributed by atoms with Gasteiger partial charge in [-0.05, 0) is 6.42 Å². The first-order valence-electron chi connectivity index (χ1n) is 5.87. The smallest absolute Gasteiger partial charge is 0.225 e. The van der Waals surface area contributed by atoms with Gasteiger partial charge in [0.2, 0.25) is 5.91 Å². The van der Waals surface area contributed by atoms with Gasteiger partial charge in [-0.25, -0.2) is 8.42 Å². The van der Waals surface area contributed by atoms with Gasteiger partial charge in [0, 0.05) is 25.6 Å². The van der Waals surface area contributed by atoms with Crippen molar-refractivity contribution in [2.75, 3.05) is 31.8 Å². The van der Waals surface area contributed by atoms with Crippen LogP contribution in [-0.2, 0) is 19.4 Å².